The third-order valence-electron chi connectivity index (χ3n) is 4.06. The Morgan fingerprint density at radius 2 is 2.14 bits per heavy atom. The van der Waals surface area contributed by atoms with Crippen LogP contribution in [0.15, 0.2) is 36.4 Å². The van der Waals surface area contributed by atoms with Gasteiger partial charge in [0.15, 0.2) is 0 Å². The Balaban J connectivity index is 1.58. The lowest BCUT2D eigenvalue weighted by Crippen LogP contribution is -2.25. The molecule has 0 radical (unpaired) electrons. The molecule has 3 nitrogen and oxygen atoms in total. The molecule has 0 fully saturated rings. The van der Waals surface area contributed by atoms with Crippen LogP contribution in [0.1, 0.15) is 27.0 Å². The molecule has 3 rings (SSSR count). The summed E-state index contributed by atoms with van der Waals surface area (Å²) >= 11 is 0. The molecule has 22 heavy (non-hydrogen) atoms. The number of carbonyl (C=O) groups excluding carboxylic acids is 1. The molecule has 0 aromatic heterocycles. The summed E-state index contributed by atoms with van der Waals surface area (Å²) in [7, 11) is 0. The Hall–Kier alpha value is -2.36. The highest BCUT2D eigenvalue weighted by Crippen LogP contribution is 2.22. The molecule has 0 saturated heterocycles. The highest BCUT2D eigenvalue weighted by atomic mass is 19.1. The molecule has 1 aliphatic rings. The van der Waals surface area contributed by atoms with Crippen molar-refractivity contribution in [2.24, 2.45) is 0 Å². The average Bonchev–Trinajstić information content (AvgIpc) is 2.96. The van der Waals surface area contributed by atoms with E-state index in [-0.39, 0.29) is 11.7 Å². The zero-order valence-corrected chi connectivity index (χ0v) is 12.6. The second-order valence-electron chi connectivity index (χ2n) is 5.63. The van der Waals surface area contributed by atoms with Crippen molar-refractivity contribution in [3.05, 3.63) is 64.5 Å². The van der Waals surface area contributed by atoms with Crippen LogP contribution < -0.4 is 10.6 Å². The average molecular weight is 298 g/mol. The number of hydrogen-bond acceptors (Lipinski definition) is 2. The lowest BCUT2D eigenvalue weighted by atomic mass is 10.1. The van der Waals surface area contributed by atoms with Crippen LogP contribution in [0.2, 0.25) is 0 Å². The van der Waals surface area contributed by atoms with E-state index in [1.807, 2.05) is 25.1 Å². The topological polar surface area (TPSA) is 41.1 Å². The minimum atomic E-state index is -0.225. The molecule has 1 amide bonds. The molecule has 114 valence electrons. The SMILES string of the molecule is Cc1cc(F)ccc1CCNC(=O)c1ccc2c(c1)CCN2. The van der Waals surface area contributed by atoms with Gasteiger partial charge >= 0.3 is 0 Å². The van der Waals surface area contributed by atoms with E-state index < -0.39 is 0 Å². The van der Waals surface area contributed by atoms with Crippen molar-refractivity contribution >= 4 is 11.6 Å². The first-order valence-electron chi connectivity index (χ1n) is 7.53. The Labute approximate surface area is 129 Å². The van der Waals surface area contributed by atoms with Crippen molar-refractivity contribution in [2.45, 2.75) is 19.8 Å². The molecule has 0 aliphatic carbocycles. The molecule has 1 aliphatic heterocycles. The maximum absolute atomic E-state index is 13.1. The van der Waals surface area contributed by atoms with Gasteiger partial charge in [0, 0.05) is 24.3 Å². The van der Waals surface area contributed by atoms with Gasteiger partial charge in [0.2, 0.25) is 0 Å². The second kappa shape index (κ2) is 6.18. The summed E-state index contributed by atoms with van der Waals surface area (Å²) in [5.41, 5.74) is 4.98. The number of aryl methyl sites for hydroxylation is 1. The second-order valence-corrected chi connectivity index (χ2v) is 5.63. The van der Waals surface area contributed by atoms with Crippen LogP contribution >= 0.6 is 0 Å². The maximum Gasteiger partial charge on any atom is 0.251 e. The van der Waals surface area contributed by atoms with Crippen LogP contribution in [0.3, 0.4) is 0 Å². The zero-order valence-electron chi connectivity index (χ0n) is 12.6. The fraction of sp³-hybridized carbons (Fsp3) is 0.278. The number of halogens is 1. The molecule has 0 unspecified atom stereocenters. The molecular weight excluding hydrogens is 279 g/mol. The fourth-order valence-corrected chi connectivity index (χ4v) is 2.80. The molecule has 0 bridgehead atoms. The van der Waals surface area contributed by atoms with Gasteiger partial charge in [-0.2, -0.15) is 0 Å². The zero-order chi connectivity index (χ0) is 15.5. The molecule has 2 N–H and O–H groups in total. The maximum atomic E-state index is 13.1. The van der Waals surface area contributed by atoms with E-state index in [0.717, 1.165) is 29.8 Å². The van der Waals surface area contributed by atoms with Gasteiger partial charge in [0.1, 0.15) is 5.82 Å². The van der Waals surface area contributed by atoms with E-state index >= 15 is 0 Å². The number of fused-ring (bicyclic) bond motifs is 1. The van der Waals surface area contributed by atoms with Gasteiger partial charge in [-0.05, 0) is 66.8 Å². The first kappa shape index (κ1) is 14.6. The quantitative estimate of drug-likeness (QED) is 0.911. The van der Waals surface area contributed by atoms with Crippen LogP contribution in [-0.2, 0) is 12.8 Å². The smallest absolute Gasteiger partial charge is 0.251 e. The lowest BCUT2D eigenvalue weighted by Gasteiger charge is -2.09. The van der Waals surface area contributed by atoms with Gasteiger partial charge in [-0.3, -0.25) is 4.79 Å². The Bertz CT molecular complexity index is 712. The Morgan fingerprint density at radius 3 is 2.95 bits per heavy atom. The highest BCUT2D eigenvalue weighted by Gasteiger charge is 2.13. The summed E-state index contributed by atoms with van der Waals surface area (Å²) in [5, 5.41) is 6.21. The van der Waals surface area contributed by atoms with Crippen molar-refractivity contribution in [3.63, 3.8) is 0 Å². The van der Waals surface area contributed by atoms with Gasteiger partial charge in [-0.15, -0.1) is 0 Å². The number of amides is 1. The predicted octanol–water partition coefficient (Wildman–Crippen LogP) is 3.07. The molecule has 4 heteroatoms. The number of nitrogens with one attached hydrogen (secondary N) is 2. The van der Waals surface area contributed by atoms with E-state index in [2.05, 4.69) is 10.6 Å². The predicted molar refractivity (Wildman–Crippen MR) is 85.8 cm³/mol. The largest absolute Gasteiger partial charge is 0.384 e. The molecular formula is C18H19FN2O. The molecule has 0 saturated carbocycles. The van der Waals surface area contributed by atoms with Crippen molar-refractivity contribution in [3.8, 4) is 0 Å². The number of carbonyl (C=O) groups is 1. The van der Waals surface area contributed by atoms with Gasteiger partial charge in [-0.25, -0.2) is 4.39 Å². The van der Waals surface area contributed by atoms with E-state index in [0.29, 0.717) is 18.5 Å². The van der Waals surface area contributed by atoms with Crippen molar-refractivity contribution in [2.75, 3.05) is 18.4 Å². The van der Waals surface area contributed by atoms with E-state index in [1.54, 1.807) is 6.07 Å². The van der Waals surface area contributed by atoms with E-state index in [4.69, 9.17) is 0 Å². The number of hydrogen-bond donors (Lipinski definition) is 2. The molecule has 1 heterocycles. The van der Waals surface area contributed by atoms with Crippen LogP contribution in [-0.4, -0.2) is 19.0 Å². The van der Waals surface area contributed by atoms with Crippen LogP contribution in [0, 0.1) is 12.7 Å². The number of rotatable bonds is 4. The van der Waals surface area contributed by atoms with E-state index in [9.17, 15) is 9.18 Å². The molecule has 2 aromatic carbocycles. The van der Waals surface area contributed by atoms with Crippen LogP contribution in [0.5, 0.6) is 0 Å². The van der Waals surface area contributed by atoms with Gasteiger partial charge in [-0.1, -0.05) is 6.07 Å². The normalized spacial score (nSPS) is 12.6. The summed E-state index contributed by atoms with van der Waals surface area (Å²) in [6.07, 6.45) is 1.66. The summed E-state index contributed by atoms with van der Waals surface area (Å²) in [5.74, 6) is -0.286. The van der Waals surface area contributed by atoms with Crippen molar-refractivity contribution in [1.82, 2.24) is 5.32 Å². The summed E-state index contributed by atoms with van der Waals surface area (Å²) in [6, 6.07) is 10.5. The Kier molecular flexibility index (Phi) is 4.09. The third-order valence-corrected chi connectivity index (χ3v) is 4.06. The fourth-order valence-electron chi connectivity index (χ4n) is 2.80. The van der Waals surface area contributed by atoms with Crippen LogP contribution in [0.4, 0.5) is 10.1 Å². The molecule has 0 atom stereocenters. The monoisotopic (exact) mass is 298 g/mol. The van der Waals surface area contributed by atoms with Gasteiger partial charge in [0.25, 0.3) is 5.91 Å². The Morgan fingerprint density at radius 1 is 1.27 bits per heavy atom. The minimum absolute atomic E-state index is 0.0607. The third kappa shape index (κ3) is 3.11. The summed E-state index contributed by atoms with van der Waals surface area (Å²) < 4.78 is 13.1. The van der Waals surface area contributed by atoms with E-state index in [1.165, 1.54) is 17.7 Å². The standard InChI is InChI=1S/C18H19FN2O/c1-12-10-16(19)4-2-13(12)6-9-21-18(22)15-3-5-17-14(11-15)7-8-20-17/h2-5,10-11,20H,6-9H2,1H3,(H,21,22). The van der Waals surface area contributed by atoms with Crippen LogP contribution in [0.25, 0.3) is 0 Å². The first-order valence-corrected chi connectivity index (χ1v) is 7.53. The number of benzene rings is 2. The molecule has 2 aromatic rings. The lowest BCUT2D eigenvalue weighted by molar-refractivity contribution is 0.0954. The summed E-state index contributed by atoms with van der Waals surface area (Å²) in [4.78, 5) is 12.2. The van der Waals surface area contributed by atoms with Gasteiger partial charge < -0.3 is 10.6 Å². The van der Waals surface area contributed by atoms with Gasteiger partial charge in [0.05, 0.1) is 0 Å². The molecule has 0 spiro atoms. The number of anilines is 1. The van der Waals surface area contributed by atoms with Crippen molar-refractivity contribution in [1.29, 1.82) is 0 Å². The summed E-state index contributed by atoms with van der Waals surface area (Å²) in [6.45, 7) is 3.36. The highest BCUT2D eigenvalue weighted by molar-refractivity contribution is 5.95. The minimum Gasteiger partial charge on any atom is -0.384 e. The first-order chi connectivity index (χ1) is 10.6. The van der Waals surface area contributed by atoms with Crippen molar-refractivity contribution < 1.29 is 9.18 Å².